The predicted octanol–water partition coefficient (Wildman–Crippen LogP) is -4.50. The maximum Gasteiger partial charge on any atom is 0.325 e. The molecule has 1 saturated heterocycles. The summed E-state index contributed by atoms with van der Waals surface area (Å²) in [4.78, 5) is 131. The van der Waals surface area contributed by atoms with Crippen LogP contribution in [0.25, 0.3) is 0 Å². The predicted molar refractivity (Wildman–Crippen MR) is 243 cm³/mol. The van der Waals surface area contributed by atoms with Crippen molar-refractivity contribution in [3.63, 3.8) is 0 Å². The molecule has 1 aliphatic rings. The van der Waals surface area contributed by atoms with E-state index >= 15 is 0 Å². The van der Waals surface area contributed by atoms with Crippen LogP contribution >= 0.6 is 0 Å². The molecule has 1 rings (SSSR count). The molecule has 9 atom stereocenters. The van der Waals surface area contributed by atoms with Gasteiger partial charge in [0.2, 0.25) is 53.2 Å². The van der Waals surface area contributed by atoms with Crippen LogP contribution in [0.2, 0.25) is 0 Å². The van der Waals surface area contributed by atoms with Crippen molar-refractivity contribution in [2.75, 3.05) is 32.9 Å². The molecule has 0 aromatic rings. The van der Waals surface area contributed by atoms with Crippen molar-refractivity contribution in [2.45, 2.75) is 178 Å². The van der Waals surface area contributed by atoms with Crippen molar-refractivity contribution in [3.05, 3.63) is 0 Å². The quantitative estimate of drug-likeness (QED) is 0.0381. The average molecular weight is 973 g/mol. The van der Waals surface area contributed by atoms with Crippen LogP contribution in [0.1, 0.15) is 124 Å². The van der Waals surface area contributed by atoms with Gasteiger partial charge in [0.1, 0.15) is 54.9 Å². The molecule has 0 aliphatic carbocycles. The number of cyclic esters (lactones) is 1. The Balaban J connectivity index is 3.49. The number of carbonyl (C=O) groups excluding carboxylic acids is 10. The number of nitrogens with two attached hydrogens (primary N) is 2. The summed E-state index contributed by atoms with van der Waals surface area (Å²) in [6.07, 6.45) is 7.79. The van der Waals surface area contributed by atoms with E-state index in [2.05, 4.69) is 44.1 Å². The van der Waals surface area contributed by atoms with E-state index in [0.29, 0.717) is 6.42 Å². The van der Waals surface area contributed by atoms with E-state index in [0.717, 1.165) is 39.0 Å². The lowest BCUT2D eigenvalue weighted by Gasteiger charge is -2.27. The third-order valence-corrected chi connectivity index (χ3v) is 10.9. The maximum absolute atomic E-state index is 13.4. The number of rotatable bonds is 21. The fourth-order valence-corrected chi connectivity index (χ4v) is 6.94. The molecule has 388 valence electrons. The Morgan fingerprint density at radius 2 is 1.04 bits per heavy atom. The fourth-order valence-electron chi connectivity index (χ4n) is 6.94. The monoisotopic (exact) mass is 973 g/mol. The normalized spacial score (nSPS) is 25.4. The third kappa shape index (κ3) is 24.0. The molecule has 9 amide bonds. The average Bonchev–Trinajstić information content (AvgIpc) is 3.29. The first kappa shape index (κ1) is 60.5. The zero-order valence-corrected chi connectivity index (χ0v) is 39.5. The van der Waals surface area contributed by atoms with Crippen LogP contribution in [0.4, 0.5) is 0 Å². The van der Waals surface area contributed by atoms with E-state index < -0.39 is 153 Å². The highest BCUT2D eigenvalue weighted by atomic mass is 16.5. The van der Waals surface area contributed by atoms with Crippen LogP contribution in [0, 0.1) is 0 Å². The number of esters is 1. The summed E-state index contributed by atoms with van der Waals surface area (Å²) < 4.78 is 5.59. The Labute approximate surface area is 396 Å². The first-order chi connectivity index (χ1) is 32.3. The first-order valence-electron chi connectivity index (χ1n) is 23.4. The highest BCUT2D eigenvalue weighted by Gasteiger charge is 2.35. The zero-order valence-electron chi connectivity index (χ0n) is 39.5. The van der Waals surface area contributed by atoms with Crippen molar-refractivity contribution >= 4 is 59.1 Å². The van der Waals surface area contributed by atoms with Crippen molar-refractivity contribution in [3.8, 4) is 0 Å². The highest BCUT2D eigenvalue weighted by Crippen LogP contribution is 2.15. The minimum atomic E-state index is -1.91. The number of primary amides is 1. The standard InChI is InChI=1S/C43H76N10O15/c1-4-5-6-7-8-9-10-11-12-13-14-16-27-19-34(59)47-25(2)37(61)48-28(17-15-18-44)38(62)50-31(23-55)41(65)52-32(24-56)42(66)51-30(22-54)40(64)49-29(20-33(45)58)39(63)53-36(26(3)57)43(67)46-21-35(60)68-27/h25-32,36,54-57H,4-24,44H2,1-3H3,(H2,45,58)(H,46,67)(H,47,59)(H,48,61)(H,49,64)(H,50,62)(H,51,66)(H,52,65)(H,53,63). The fraction of sp³-hybridized carbons (Fsp3) is 0.767. The molecule has 0 aromatic heterocycles. The van der Waals surface area contributed by atoms with Crippen molar-refractivity contribution in [1.29, 1.82) is 0 Å². The SMILES string of the molecule is CCCCCCCCCCCCCC1CC(=O)NC(C)C(=O)NC(CCCN)C(=O)NC(CO)C(=O)NC(CO)C(=O)NC(CO)C(=O)NC(CC(N)=O)C(=O)NC(C(C)O)C(=O)NCC(=O)O1. The molecule has 0 bridgehead atoms. The van der Waals surface area contributed by atoms with Crippen LogP contribution < -0.4 is 54.0 Å². The number of nitrogens with one attached hydrogen (secondary N) is 8. The zero-order chi connectivity index (χ0) is 51.2. The van der Waals surface area contributed by atoms with E-state index in [1.807, 2.05) is 5.32 Å². The minimum absolute atomic E-state index is 0.0613. The molecule has 1 fully saturated rings. The molecule has 16 N–H and O–H groups in total. The van der Waals surface area contributed by atoms with Crippen LogP contribution in [-0.2, 0) is 52.7 Å². The Bertz CT molecular complexity index is 1650. The van der Waals surface area contributed by atoms with Gasteiger partial charge in [0.15, 0.2) is 0 Å². The van der Waals surface area contributed by atoms with Gasteiger partial charge in [-0.05, 0) is 46.1 Å². The number of hydrogen-bond donors (Lipinski definition) is 14. The van der Waals surface area contributed by atoms with E-state index in [1.54, 1.807) is 0 Å². The van der Waals surface area contributed by atoms with E-state index in [-0.39, 0.29) is 25.8 Å². The van der Waals surface area contributed by atoms with Crippen LogP contribution in [-0.4, -0.2) is 167 Å². The highest BCUT2D eigenvalue weighted by molar-refractivity contribution is 5.99. The summed E-state index contributed by atoms with van der Waals surface area (Å²) in [6, 6.07) is -11.8. The van der Waals surface area contributed by atoms with Crippen molar-refractivity contribution in [2.24, 2.45) is 11.5 Å². The van der Waals surface area contributed by atoms with Crippen LogP contribution in [0.15, 0.2) is 0 Å². The van der Waals surface area contributed by atoms with Crippen molar-refractivity contribution in [1.82, 2.24) is 42.5 Å². The molecule has 25 heteroatoms. The molecule has 0 spiro atoms. The number of aliphatic hydroxyl groups is 4. The number of aliphatic hydroxyl groups excluding tert-OH is 4. The number of hydrogen-bond acceptors (Lipinski definition) is 16. The lowest BCUT2D eigenvalue weighted by atomic mass is 10.0. The largest absolute Gasteiger partial charge is 0.461 e. The smallest absolute Gasteiger partial charge is 0.325 e. The van der Waals surface area contributed by atoms with Gasteiger partial charge in [-0.3, -0.25) is 47.9 Å². The second-order valence-electron chi connectivity index (χ2n) is 16.8. The maximum atomic E-state index is 13.4. The molecule has 0 radical (unpaired) electrons. The van der Waals surface area contributed by atoms with Gasteiger partial charge in [0.05, 0.1) is 38.8 Å². The number of unbranched alkanes of at least 4 members (excludes halogenated alkanes) is 10. The van der Waals surface area contributed by atoms with Crippen molar-refractivity contribution < 1.29 is 73.1 Å². The number of carbonyl (C=O) groups is 10. The topological polar surface area (TPSA) is 409 Å². The molecule has 25 nitrogen and oxygen atoms in total. The Morgan fingerprint density at radius 1 is 0.603 bits per heavy atom. The summed E-state index contributed by atoms with van der Waals surface area (Å²) >= 11 is 0. The molecular formula is C43H76N10O15. The van der Waals surface area contributed by atoms with Crippen LogP contribution in [0.5, 0.6) is 0 Å². The Morgan fingerprint density at radius 3 is 1.50 bits per heavy atom. The van der Waals surface area contributed by atoms with Gasteiger partial charge in [0.25, 0.3) is 0 Å². The summed E-state index contributed by atoms with van der Waals surface area (Å²) in [6.45, 7) is 0.582. The molecular weight excluding hydrogens is 897 g/mol. The molecule has 1 heterocycles. The third-order valence-electron chi connectivity index (χ3n) is 10.9. The summed E-state index contributed by atoms with van der Waals surface area (Å²) in [5.41, 5.74) is 10.9. The van der Waals surface area contributed by atoms with Gasteiger partial charge in [-0.25, -0.2) is 0 Å². The van der Waals surface area contributed by atoms with Gasteiger partial charge in [-0.15, -0.1) is 0 Å². The molecule has 1 aliphatic heterocycles. The Kier molecular flexibility index (Phi) is 30.2. The summed E-state index contributed by atoms with van der Waals surface area (Å²) in [5, 5.41) is 58.2. The minimum Gasteiger partial charge on any atom is -0.461 e. The first-order valence-corrected chi connectivity index (χ1v) is 23.4. The lowest BCUT2D eigenvalue weighted by Crippen LogP contribution is -2.62. The van der Waals surface area contributed by atoms with Crippen LogP contribution in [0.3, 0.4) is 0 Å². The molecule has 0 saturated carbocycles. The lowest BCUT2D eigenvalue weighted by molar-refractivity contribution is -0.151. The van der Waals surface area contributed by atoms with Gasteiger partial charge in [-0.1, -0.05) is 71.1 Å². The second-order valence-corrected chi connectivity index (χ2v) is 16.8. The number of ether oxygens (including phenoxy) is 1. The van der Waals surface area contributed by atoms with E-state index in [4.69, 9.17) is 16.2 Å². The molecule has 9 unspecified atom stereocenters. The van der Waals surface area contributed by atoms with Gasteiger partial charge >= 0.3 is 5.97 Å². The van der Waals surface area contributed by atoms with E-state index in [1.165, 1.54) is 39.0 Å². The second kappa shape index (κ2) is 33.9. The van der Waals surface area contributed by atoms with Gasteiger partial charge in [-0.2, -0.15) is 0 Å². The summed E-state index contributed by atoms with van der Waals surface area (Å²) in [5.74, 6) is -10.8. The molecule has 68 heavy (non-hydrogen) atoms. The molecule has 0 aromatic carbocycles. The van der Waals surface area contributed by atoms with Gasteiger partial charge in [0, 0.05) is 0 Å². The Hall–Kier alpha value is -5.50. The van der Waals surface area contributed by atoms with Gasteiger partial charge < -0.3 is 79.2 Å². The van der Waals surface area contributed by atoms with E-state index in [9.17, 15) is 68.4 Å². The summed E-state index contributed by atoms with van der Waals surface area (Å²) in [7, 11) is 0. The number of amides is 9.